The van der Waals surface area contributed by atoms with Gasteiger partial charge in [0.05, 0.1) is 18.3 Å². The summed E-state index contributed by atoms with van der Waals surface area (Å²) in [6.45, 7) is 0.191. The number of hydrazine groups is 1. The quantitative estimate of drug-likeness (QED) is 0.190. The Morgan fingerprint density at radius 2 is 1.45 bits per heavy atom. The Labute approximate surface area is 228 Å². The first-order chi connectivity index (χ1) is 18.4. The number of hydrogen-bond donors (Lipinski definition) is 1. The van der Waals surface area contributed by atoms with Crippen LogP contribution in [-0.2, 0) is 11.3 Å². The van der Waals surface area contributed by atoms with Gasteiger partial charge in [-0.3, -0.25) is 20.0 Å². The molecule has 0 bridgehead atoms. The molecule has 0 saturated heterocycles. The fourth-order valence-electron chi connectivity index (χ4n) is 4.04. The average molecular weight is 546 g/mol. The highest BCUT2D eigenvalue weighted by molar-refractivity contribution is 6.31. The van der Waals surface area contributed by atoms with Gasteiger partial charge >= 0.3 is 0 Å². The fraction of sp³-hybridized carbons (Fsp3) is 0.0714. The van der Waals surface area contributed by atoms with Crippen LogP contribution < -0.4 is 11.0 Å². The maximum atomic E-state index is 14.0. The third kappa shape index (κ3) is 5.32. The predicted molar refractivity (Wildman–Crippen MR) is 148 cm³/mol. The van der Waals surface area contributed by atoms with Gasteiger partial charge in [0.2, 0.25) is 6.41 Å². The van der Waals surface area contributed by atoms with E-state index in [-0.39, 0.29) is 12.1 Å². The Morgan fingerprint density at radius 1 is 0.868 bits per heavy atom. The number of carbonyl (C=O) groups excluding carboxylic acids is 1. The molecule has 2 heterocycles. The first-order valence-corrected chi connectivity index (χ1v) is 12.3. The van der Waals surface area contributed by atoms with Crippen molar-refractivity contribution in [1.29, 1.82) is 0 Å². The van der Waals surface area contributed by atoms with E-state index in [0.29, 0.717) is 50.3 Å². The molecule has 10 heteroatoms. The van der Waals surface area contributed by atoms with Crippen LogP contribution in [0.1, 0.15) is 5.56 Å². The predicted octanol–water partition coefficient (Wildman–Crippen LogP) is 6.00. The van der Waals surface area contributed by atoms with Crippen LogP contribution in [0.2, 0.25) is 10.0 Å². The molecule has 0 spiro atoms. The molecule has 8 nitrogen and oxygen atoms in total. The Bertz CT molecular complexity index is 1620. The lowest BCUT2D eigenvalue weighted by Gasteiger charge is -2.21. The molecule has 0 aliphatic carbocycles. The Balaban J connectivity index is 1.68. The van der Waals surface area contributed by atoms with E-state index < -0.39 is 0 Å². The van der Waals surface area contributed by atoms with Crippen molar-refractivity contribution in [3.8, 4) is 33.6 Å². The van der Waals surface area contributed by atoms with Crippen LogP contribution in [0.15, 0.2) is 94.4 Å². The molecule has 38 heavy (non-hydrogen) atoms. The number of aromatic nitrogens is 3. The van der Waals surface area contributed by atoms with Gasteiger partial charge in [-0.25, -0.2) is 4.68 Å². The summed E-state index contributed by atoms with van der Waals surface area (Å²) in [6.07, 6.45) is 2.20. The van der Waals surface area contributed by atoms with Crippen molar-refractivity contribution < 1.29 is 9.32 Å². The van der Waals surface area contributed by atoms with E-state index in [2.05, 4.69) is 15.7 Å². The van der Waals surface area contributed by atoms with Crippen molar-refractivity contribution >= 4 is 35.4 Å². The van der Waals surface area contributed by atoms with Crippen LogP contribution in [-0.4, -0.2) is 33.4 Å². The number of nitrogens with zero attached hydrogens (tertiary/aromatic N) is 4. The third-order valence-electron chi connectivity index (χ3n) is 5.87. The van der Waals surface area contributed by atoms with Crippen molar-refractivity contribution in [2.45, 2.75) is 6.54 Å². The van der Waals surface area contributed by atoms with E-state index in [9.17, 15) is 9.59 Å². The minimum absolute atomic E-state index is 0.191. The topological polar surface area (TPSA) is 93.3 Å². The molecule has 0 unspecified atom stereocenters. The number of rotatable bonds is 8. The zero-order valence-corrected chi connectivity index (χ0v) is 21.6. The first kappa shape index (κ1) is 25.3. The average Bonchev–Trinajstić information content (AvgIpc) is 3.47. The van der Waals surface area contributed by atoms with Gasteiger partial charge in [-0.2, -0.15) is 0 Å². The largest absolute Gasteiger partial charge is 0.356 e. The smallest absolute Gasteiger partial charge is 0.275 e. The molecule has 0 saturated carbocycles. The molecule has 5 rings (SSSR count). The molecule has 0 fully saturated rings. The van der Waals surface area contributed by atoms with Gasteiger partial charge in [0.1, 0.15) is 0 Å². The molecule has 0 atom stereocenters. The normalized spacial score (nSPS) is 10.8. The molecule has 0 radical (unpaired) electrons. The summed E-state index contributed by atoms with van der Waals surface area (Å²) in [5.41, 5.74) is 6.67. The highest BCUT2D eigenvalue weighted by atomic mass is 35.5. The second kappa shape index (κ2) is 10.9. The van der Waals surface area contributed by atoms with Crippen LogP contribution in [0.25, 0.3) is 33.6 Å². The van der Waals surface area contributed by atoms with Gasteiger partial charge in [-0.15, -0.1) is 5.10 Å². The number of hydrogen-bond acceptors (Lipinski definition) is 6. The molecule has 0 aliphatic heterocycles. The van der Waals surface area contributed by atoms with Gasteiger partial charge in [0.25, 0.3) is 5.56 Å². The highest BCUT2D eigenvalue weighted by Crippen LogP contribution is 2.35. The zero-order valence-electron chi connectivity index (χ0n) is 20.1. The maximum absolute atomic E-state index is 14.0. The summed E-state index contributed by atoms with van der Waals surface area (Å²) in [4.78, 5) is 25.5. The SMILES string of the molecule is CN(C=O)Nc1nn(Cc2ccc(-c3ccno3)cc2)c(=O)c(-c2ccc(Cl)cc2)c1-c1ccc(Cl)cc1. The number of amides is 1. The van der Waals surface area contributed by atoms with E-state index in [0.717, 1.165) is 11.1 Å². The van der Waals surface area contributed by atoms with Crippen LogP contribution in [0, 0.1) is 0 Å². The Kier molecular flexibility index (Phi) is 7.26. The van der Waals surface area contributed by atoms with Crippen LogP contribution in [0.4, 0.5) is 5.82 Å². The highest BCUT2D eigenvalue weighted by Gasteiger charge is 2.22. The van der Waals surface area contributed by atoms with Crippen molar-refractivity contribution in [2.75, 3.05) is 12.5 Å². The molecule has 1 amide bonds. The monoisotopic (exact) mass is 545 g/mol. The van der Waals surface area contributed by atoms with Crippen molar-refractivity contribution in [3.05, 3.63) is 111 Å². The second-order valence-corrected chi connectivity index (χ2v) is 9.35. The molecule has 190 valence electrons. The molecule has 5 aromatic rings. The van der Waals surface area contributed by atoms with Gasteiger partial charge in [-0.05, 0) is 41.0 Å². The van der Waals surface area contributed by atoms with Gasteiger partial charge < -0.3 is 4.52 Å². The lowest BCUT2D eigenvalue weighted by molar-refractivity contribution is -0.115. The number of anilines is 1. The summed E-state index contributed by atoms with van der Waals surface area (Å²) < 4.78 is 6.59. The van der Waals surface area contributed by atoms with Crippen molar-refractivity contribution in [1.82, 2.24) is 19.9 Å². The Hall–Kier alpha value is -4.40. The minimum Gasteiger partial charge on any atom is -0.356 e. The van der Waals surface area contributed by atoms with E-state index in [1.54, 1.807) is 67.8 Å². The summed E-state index contributed by atoms with van der Waals surface area (Å²) in [6, 6.07) is 23.4. The van der Waals surface area contributed by atoms with Gasteiger partial charge in [-0.1, -0.05) is 76.9 Å². The van der Waals surface area contributed by atoms with E-state index in [1.165, 1.54) is 9.69 Å². The summed E-state index contributed by atoms with van der Waals surface area (Å²) in [5, 5.41) is 10.7. The van der Waals surface area contributed by atoms with E-state index in [1.807, 2.05) is 24.3 Å². The van der Waals surface area contributed by atoms with E-state index in [4.69, 9.17) is 27.7 Å². The van der Waals surface area contributed by atoms with Crippen LogP contribution in [0.5, 0.6) is 0 Å². The molecule has 2 aromatic heterocycles. The standard InChI is InChI=1S/C28H21Cl2N5O3/c1-34(17-36)32-27-25(20-6-10-22(29)11-7-20)26(21-8-12-23(30)13-9-21)28(37)35(33-27)16-18-2-4-19(5-3-18)24-14-15-31-38-24/h2-15,17H,16H2,1H3,(H,32,33). The van der Waals surface area contributed by atoms with Crippen LogP contribution >= 0.6 is 23.2 Å². The number of nitrogens with one attached hydrogen (secondary N) is 1. The Morgan fingerprint density at radius 3 is 2.00 bits per heavy atom. The number of carbonyl (C=O) groups is 1. The number of halogens is 2. The molecule has 0 aliphatic rings. The lowest BCUT2D eigenvalue weighted by atomic mass is 9.96. The fourth-order valence-corrected chi connectivity index (χ4v) is 4.30. The molecule has 3 aromatic carbocycles. The molecular formula is C28H21Cl2N5O3. The minimum atomic E-state index is -0.309. The van der Waals surface area contributed by atoms with Crippen molar-refractivity contribution in [2.24, 2.45) is 0 Å². The summed E-state index contributed by atoms with van der Waals surface area (Å²) in [5.74, 6) is 0.970. The van der Waals surface area contributed by atoms with Crippen molar-refractivity contribution in [3.63, 3.8) is 0 Å². The third-order valence-corrected chi connectivity index (χ3v) is 6.37. The second-order valence-electron chi connectivity index (χ2n) is 8.48. The van der Waals surface area contributed by atoms with E-state index >= 15 is 0 Å². The molecule has 1 N–H and O–H groups in total. The van der Waals surface area contributed by atoms with Gasteiger partial charge in [0.15, 0.2) is 11.6 Å². The first-order valence-electron chi connectivity index (χ1n) is 11.5. The maximum Gasteiger partial charge on any atom is 0.275 e. The molecular weight excluding hydrogens is 525 g/mol. The number of benzene rings is 3. The van der Waals surface area contributed by atoms with Gasteiger partial charge in [0, 0.05) is 34.3 Å². The summed E-state index contributed by atoms with van der Waals surface area (Å²) >= 11 is 12.3. The lowest BCUT2D eigenvalue weighted by Crippen LogP contribution is -2.31. The summed E-state index contributed by atoms with van der Waals surface area (Å²) in [7, 11) is 1.56. The van der Waals surface area contributed by atoms with Crippen LogP contribution in [0.3, 0.4) is 0 Å². The zero-order chi connectivity index (χ0) is 26.6.